The standard InChI is InChI=1S/C18H17NO3/c1-14(20)22-19-18(13-8-15-6-4-3-5-7-15)16-9-11-17(21-2)12-10-16/h3-13H,1-2H3. The number of carbonyl (C=O) groups is 1. The van der Waals surface area contributed by atoms with E-state index in [0.717, 1.165) is 16.9 Å². The van der Waals surface area contributed by atoms with Crippen LogP contribution in [0.2, 0.25) is 0 Å². The average Bonchev–Trinajstić information content (AvgIpc) is 2.56. The lowest BCUT2D eigenvalue weighted by Crippen LogP contribution is -2.01. The first-order chi connectivity index (χ1) is 10.7. The highest BCUT2D eigenvalue weighted by molar-refractivity contribution is 6.10. The molecular weight excluding hydrogens is 278 g/mol. The Morgan fingerprint density at radius 3 is 2.32 bits per heavy atom. The van der Waals surface area contributed by atoms with Crippen LogP contribution in [0.4, 0.5) is 0 Å². The average molecular weight is 295 g/mol. The number of methoxy groups -OCH3 is 1. The molecule has 2 aromatic carbocycles. The third-order valence-corrected chi connectivity index (χ3v) is 2.89. The maximum Gasteiger partial charge on any atom is 0.332 e. The van der Waals surface area contributed by atoms with Crippen LogP contribution < -0.4 is 4.74 Å². The predicted octanol–water partition coefficient (Wildman–Crippen LogP) is 3.68. The second kappa shape index (κ2) is 7.78. The Kier molecular flexibility index (Phi) is 5.49. The lowest BCUT2D eigenvalue weighted by Gasteiger charge is -2.03. The van der Waals surface area contributed by atoms with Crippen molar-refractivity contribution < 1.29 is 14.4 Å². The van der Waals surface area contributed by atoms with Gasteiger partial charge in [-0.3, -0.25) is 0 Å². The maximum absolute atomic E-state index is 11.0. The molecule has 0 unspecified atom stereocenters. The molecule has 2 rings (SSSR count). The highest BCUT2D eigenvalue weighted by atomic mass is 16.7. The SMILES string of the molecule is COc1ccc(C(C=Cc2ccccc2)=NOC(C)=O)cc1. The second-order valence-electron chi connectivity index (χ2n) is 4.53. The minimum atomic E-state index is -0.459. The van der Waals surface area contributed by atoms with Crippen LogP contribution in [0.1, 0.15) is 18.1 Å². The van der Waals surface area contributed by atoms with Gasteiger partial charge in [0.25, 0.3) is 0 Å². The number of carbonyl (C=O) groups excluding carboxylic acids is 1. The van der Waals surface area contributed by atoms with E-state index in [2.05, 4.69) is 5.16 Å². The molecule has 0 saturated heterocycles. The molecule has 0 heterocycles. The first-order valence-corrected chi connectivity index (χ1v) is 6.82. The number of nitrogens with zero attached hydrogens (tertiary/aromatic N) is 1. The number of rotatable bonds is 5. The summed E-state index contributed by atoms with van der Waals surface area (Å²) < 4.78 is 5.13. The molecular formula is C18H17NO3. The number of allylic oxidation sites excluding steroid dienone is 1. The van der Waals surface area contributed by atoms with Crippen LogP contribution in [0, 0.1) is 0 Å². The van der Waals surface area contributed by atoms with Gasteiger partial charge in [-0.15, -0.1) is 0 Å². The predicted molar refractivity (Wildman–Crippen MR) is 86.8 cm³/mol. The summed E-state index contributed by atoms with van der Waals surface area (Å²) in [5.74, 6) is 0.293. The summed E-state index contributed by atoms with van der Waals surface area (Å²) in [5.41, 5.74) is 2.42. The molecule has 0 fully saturated rings. The van der Waals surface area contributed by atoms with Crippen LogP contribution in [0.15, 0.2) is 65.8 Å². The van der Waals surface area contributed by atoms with Gasteiger partial charge in [-0.2, -0.15) is 0 Å². The van der Waals surface area contributed by atoms with Gasteiger partial charge < -0.3 is 9.57 Å². The van der Waals surface area contributed by atoms with Crippen molar-refractivity contribution in [1.29, 1.82) is 0 Å². The van der Waals surface area contributed by atoms with Gasteiger partial charge in [-0.25, -0.2) is 4.79 Å². The summed E-state index contributed by atoms with van der Waals surface area (Å²) >= 11 is 0. The molecule has 0 aliphatic carbocycles. The van der Waals surface area contributed by atoms with E-state index in [1.165, 1.54) is 6.92 Å². The first kappa shape index (κ1) is 15.5. The van der Waals surface area contributed by atoms with Crippen molar-refractivity contribution in [2.45, 2.75) is 6.92 Å². The fourth-order valence-electron chi connectivity index (χ4n) is 1.79. The van der Waals surface area contributed by atoms with Crippen LogP contribution in [-0.2, 0) is 9.63 Å². The smallest absolute Gasteiger partial charge is 0.332 e. The molecule has 0 bridgehead atoms. The Morgan fingerprint density at radius 1 is 1.05 bits per heavy atom. The lowest BCUT2D eigenvalue weighted by atomic mass is 10.1. The molecule has 4 nitrogen and oxygen atoms in total. The molecule has 0 aliphatic heterocycles. The maximum atomic E-state index is 11.0. The van der Waals surface area contributed by atoms with E-state index in [1.54, 1.807) is 13.2 Å². The van der Waals surface area contributed by atoms with Crippen LogP contribution >= 0.6 is 0 Å². The molecule has 0 saturated carbocycles. The van der Waals surface area contributed by atoms with Crippen LogP contribution in [-0.4, -0.2) is 18.8 Å². The molecule has 2 aromatic rings. The zero-order chi connectivity index (χ0) is 15.8. The van der Waals surface area contributed by atoms with Gasteiger partial charge in [0.1, 0.15) is 11.5 Å². The van der Waals surface area contributed by atoms with E-state index >= 15 is 0 Å². The minimum Gasteiger partial charge on any atom is -0.497 e. The number of hydrogen-bond acceptors (Lipinski definition) is 4. The van der Waals surface area contributed by atoms with Crippen molar-refractivity contribution >= 4 is 17.8 Å². The number of hydrogen-bond donors (Lipinski definition) is 0. The first-order valence-electron chi connectivity index (χ1n) is 6.82. The van der Waals surface area contributed by atoms with Gasteiger partial charge in [-0.05, 0) is 35.9 Å². The summed E-state index contributed by atoms with van der Waals surface area (Å²) in [6, 6.07) is 17.2. The zero-order valence-corrected chi connectivity index (χ0v) is 12.5. The molecule has 22 heavy (non-hydrogen) atoms. The minimum absolute atomic E-state index is 0.459. The topological polar surface area (TPSA) is 47.9 Å². The molecule has 0 spiro atoms. The highest BCUT2D eigenvalue weighted by Crippen LogP contribution is 2.13. The summed E-state index contributed by atoms with van der Waals surface area (Å²) in [6.45, 7) is 1.32. The van der Waals surface area contributed by atoms with E-state index in [4.69, 9.17) is 9.57 Å². The molecule has 4 heteroatoms. The molecule has 112 valence electrons. The fourth-order valence-corrected chi connectivity index (χ4v) is 1.79. The van der Waals surface area contributed by atoms with Crippen LogP contribution in [0.5, 0.6) is 5.75 Å². The lowest BCUT2D eigenvalue weighted by molar-refractivity contribution is -0.140. The Labute approximate surface area is 129 Å². The van der Waals surface area contributed by atoms with Crippen molar-refractivity contribution in [2.75, 3.05) is 7.11 Å². The van der Waals surface area contributed by atoms with E-state index < -0.39 is 5.97 Å². The van der Waals surface area contributed by atoms with Crippen molar-refractivity contribution in [3.63, 3.8) is 0 Å². The third kappa shape index (κ3) is 4.59. The van der Waals surface area contributed by atoms with Crippen LogP contribution in [0.25, 0.3) is 6.08 Å². The van der Waals surface area contributed by atoms with Gasteiger partial charge >= 0.3 is 5.97 Å². The number of oxime groups is 1. The zero-order valence-electron chi connectivity index (χ0n) is 12.5. The van der Waals surface area contributed by atoms with Crippen molar-refractivity contribution in [2.24, 2.45) is 5.16 Å². The van der Waals surface area contributed by atoms with Gasteiger partial charge in [0.2, 0.25) is 0 Å². The summed E-state index contributed by atoms with van der Waals surface area (Å²) in [6.07, 6.45) is 3.71. The quantitative estimate of drug-likeness (QED) is 0.480. The van der Waals surface area contributed by atoms with Crippen molar-refractivity contribution in [1.82, 2.24) is 0 Å². The summed E-state index contributed by atoms with van der Waals surface area (Å²) in [4.78, 5) is 15.8. The van der Waals surface area contributed by atoms with Crippen LogP contribution in [0.3, 0.4) is 0 Å². The van der Waals surface area contributed by atoms with E-state index in [9.17, 15) is 4.79 Å². The number of ether oxygens (including phenoxy) is 1. The Hall–Kier alpha value is -2.88. The molecule has 0 atom stereocenters. The monoisotopic (exact) mass is 295 g/mol. The third-order valence-electron chi connectivity index (χ3n) is 2.89. The molecule has 0 N–H and O–H groups in total. The Bertz CT molecular complexity index is 673. The van der Waals surface area contributed by atoms with Crippen molar-refractivity contribution in [3.05, 3.63) is 71.8 Å². The van der Waals surface area contributed by atoms with Gasteiger partial charge in [0.15, 0.2) is 0 Å². The van der Waals surface area contributed by atoms with E-state index in [-0.39, 0.29) is 0 Å². The Balaban J connectivity index is 2.27. The largest absolute Gasteiger partial charge is 0.497 e. The summed E-state index contributed by atoms with van der Waals surface area (Å²) in [7, 11) is 1.61. The normalized spacial score (nSPS) is 11.5. The van der Waals surface area contributed by atoms with Crippen molar-refractivity contribution in [3.8, 4) is 5.75 Å². The molecule has 0 amide bonds. The second-order valence-corrected chi connectivity index (χ2v) is 4.53. The Morgan fingerprint density at radius 2 is 1.73 bits per heavy atom. The molecule has 0 radical (unpaired) electrons. The van der Waals surface area contributed by atoms with Gasteiger partial charge in [0.05, 0.1) is 7.11 Å². The van der Waals surface area contributed by atoms with E-state index in [0.29, 0.717) is 5.71 Å². The molecule has 0 aromatic heterocycles. The number of benzene rings is 2. The molecule has 0 aliphatic rings. The van der Waals surface area contributed by atoms with Gasteiger partial charge in [-0.1, -0.05) is 41.6 Å². The highest BCUT2D eigenvalue weighted by Gasteiger charge is 2.03. The fraction of sp³-hybridized carbons (Fsp3) is 0.111. The summed E-state index contributed by atoms with van der Waals surface area (Å²) in [5, 5.41) is 3.90. The van der Waals surface area contributed by atoms with E-state index in [1.807, 2.05) is 60.7 Å². The van der Waals surface area contributed by atoms with Gasteiger partial charge in [0, 0.05) is 12.5 Å².